The predicted molar refractivity (Wildman–Crippen MR) is 132 cm³/mol. The van der Waals surface area contributed by atoms with E-state index in [1.807, 2.05) is 37.6 Å². The van der Waals surface area contributed by atoms with Crippen molar-refractivity contribution in [1.82, 2.24) is 24.6 Å². The van der Waals surface area contributed by atoms with E-state index in [1.54, 1.807) is 27.3 Å². The number of hydrogen-bond donors (Lipinski definition) is 2. The van der Waals surface area contributed by atoms with Crippen LogP contribution >= 0.6 is 0 Å². The molecule has 1 aromatic carbocycles. The Balaban J connectivity index is 1.89. The van der Waals surface area contributed by atoms with Crippen LogP contribution in [0.25, 0.3) is 11.0 Å². The van der Waals surface area contributed by atoms with Crippen LogP contribution < -0.4 is 14.8 Å². The first-order chi connectivity index (χ1) is 16.6. The second kappa shape index (κ2) is 9.33. The molecule has 2 N–H and O–H groups in total. The smallest absolute Gasteiger partial charge is 0.407 e. The van der Waals surface area contributed by atoms with E-state index in [-0.39, 0.29) is 11.5 Å². The molecule has 2 aromatic heterocycles. The normalized spacial score (nSPS) is 15.6. The summed E-state index contributed by atoms with van der Waals surface area (Å²) in [7, 11) is 4.98. The number of anilines is 1. The lowest BCUT2D eigenvalue weighted by atomic mass is 9.95. The van der Waals surface area contributed by atoms with Gasteiger partial charge in [-0.2, -0.15) is 5.10 Å². The molecule has 1 amide bonds. The molecule has 1 aliphatic rings. The molecule has 35 heavy (non-hydrogen) atoms. The van der Waals surface area contributed by atoms with Gasteiger partial charge in [0, 0.05) is 37.2 Å². The summed E-state index contributed by atoms with van der Waals surface area (Å²) in [4.78, 5) is 22.5. The fourth-order valence-corrected chi connectivity index (χ4v) is 4.02. The summed E-state index contributed by atoms with van der Waals surface area (Å²) in [5.74, 6) is 8.90. The van der Waals surface area contributed by atoms with Crippen molar-refractivity contribution in [3.63, 3.8) is 0 Å². The van der Waals surface area contributed by atoms with Gasteiger partial charge in [-0.05, 0) is 24.5 Å². The van der Waals surface area contributed by atoms with Crippen LogP contribution in [0.1, 0.15) is 50.3 Å². The lowest BCUT2D eigenvalue weighted by molar-refractivity contribution is 0.154. The zero-order valence-corrected chi connectivity index (χ0v) is 20.8. The minimum atomic E-state index is -0.933. The largest absolute Gasteiger partial charge is 0.497 e. The maximum absolute atomic E-state index is 11.5. The third-order valence-electron chi connectivity index (χ3n) is 5.92. The quantitative estimate of drug-likeness (QED) is 0.548. The molecule has 0 aliphatic carbocycles. The number of amides is 1. The van der Waals surface area contributed by atoms with Gasteiger partial charge in [0.15, 0.2) is 5.65 Å². The number of ether oxygens (including phenoxy) is 2. The van der Waals surface area contributed by atoms with Gasteiger partial charge in [0.05, 0.1) is 25.6 Å². The van der Waals surface area contributed by atoms with Crippen molar-refractivity contribution in [2.45, 2.75) is 38.6 Å². The summed E-state index contributed by atoms with van der Waals surface area (Å²) in [6, 6.07) is 5.28. The minimum absolute atomic E-state index is 0.145. The van der Waals surface area contributed by atoms with Crippen molar-refractivity contribution in [3.8, 4) is 23.3 Å². The molecule has 10 nitrogen and oxygen atoms in total. The van der Waals surface area contributed by atoms with Crippen molar-refractivity contribution in [3.05, 3.63) is 35.3 Å². The minimum Gasteiger partial charge on any atom is -0.497 e. The average Bonchev–Trinajstić information content (AvgIpc) is 3.46. The molecule has 1 saturated heterocycles. The Morgan fingerprint density at radius 3 is 2.37 bits per heavy atom. The van der Waals surface area contributed by atoms with E-state index in [4.69, 9.17) is 24.5 Å². The highest BCUT2D eigenvalue weighted by Gasteiger charge is 2.31. The summed E-state index contributed by atoms with van der Waals surface area (Å²) >= 11 is 0. The third kappa shape index (κ3) is 4.80. The predicted octanol–water partition coefficient (Wildman–Crippen LogP) is 3.51. The molecule has 3 heterocycles. The van der Waals surface area contributed by atoms with Crippen molar-refractivity contribution < 1.29 is 19.4 Å². The van der Waals surface area contributed by atoms with E-state index in [9.17, 15) is 9.90 Å². The van der Waals surface area contributed by atoms with Gasteiger partial charge in [0.2, 0.25) is 0 Å². The van der Waals surface area contributed by atoms with Crippen LogP contribution in [0.15, 0.2) is 18.2 Å². The molecule has 1 aliphatic heterocycles. The molecule has 1 fully saturated rings. The first-order valence-corrected chi connectivity index (χ1v) is 11.4. The Kier molecular flexibility index (Phi) is 6.43. The molecule has 0 radical (unpaired) electrons. The van der Waals surface area contributed by atoms with E-state index in [0.29, 0.717) is 64.9 Å². The van der Waals surface area contributed by atoms with Gasteiger partial charge in [0.1, 0.15) is 28.8 Å². The summed E-state index contributed by atoms with van der Waals surface area (Å²) in [5, 5.41) is 18.1. The second-order valence-electron chi connectivity index (χ2n) is 9.41. The Morgan fingerprint density at radius 1 is 1.14 bits per heavy atom. The van der Waals surface area contributed by atoms with Crippen LogP contribution in [-0.4, -0.2) is 70.2 Å². The van der Waals surface area contributed by atoms with Gasteiger partial charge in [-0.15, -0.1) is 0 Å². The number of rotatable bonds is 4. The summed E-state index contributed by atoms with van der Waals surface area (Å²) in [6.45, 7) is 6.94. The highest BCUT2D eigenvalue weighted by Crippen LogP contribution is 2.32. The van der Waals surface area contributed by atoms with Crippen molar-refractivity contribution in [2.75, 3.05) is 39.7 Å². The first-order valence-electron chi connectivity index (χ1n) is 11.4. The molecular formula is C25H30N6O4. The fraction of sp³-hybridized carbons (Fsp3) is 0.440. The van der Waals surface area contributed by atoms with Gasteiger partial charge in [-0.25, -0.2) is 19.4 Å². The SMILES string of the molecule is CNc1nc(C(C)(C)C)nc2c1c(C#Cc1cc(OC)cc(OC)c1)nn2[C@H]1CCN(C(=O)O)C1. The summed E-state index contributed by atoms with van der Waals surface area (Å²) in [5.41, 5.74) is 1.57. The summed E-state index contributed by atoms with van der Waals surface area (Å²) in [6.07, 6.45) is -0.288. The number of likely N-dealkylation sites (tertiary alicyclic amines) is 1. The van der Waals surface area contributed by atoms with Crippen molar-refractivity contribution in [2.24, 2.45) is 0 Å². The van der Waals surface area contributed by atoms with E-state index in [2.05, 4.69) is 17.2 Å². The number of aromatic nitrogens is 4. The van der Waals surface area contributed by atoms with Crippen molar-refractivity contribution >= 4 is 22.9 Å². The maximum Gasteiger partial charge on any atom is 0.407 e. The molecular weight excluding hydrogens is 448 g/mol. The Bertz CT molecular complexity index is 1310. The van der Waals surface area contributed by atoms with Gasteiger partial charge < -0.3 is 24.8 Å². The fourth-order valence-electron chi connectivity index (χ4n) is 4.02. The van der Waals surface area contributed by atoms with Crippen LogP contribution in [0.3, 0.4) is 0 Å². The molecule has 3 aromatic rings. The zero-order valence-electron chi connectivity index (χ0n) is 20.8. The van der Waals surface area contributed by atoms with E-state index < -0.39 is 6.09 Å². The van der Waals surface area contributed by atoms with E-state index >= 15 is 0 Å². The average molecular weight is 479 g/mol. The van der Waals surface area contributed by atoms with Crippen LogP contribution in [0.4, 0.5) is 10.6 Å². The number of nitrogens with zero attached hydrogens (tertiary/aromatic N) is 5. The van der Waals surface area contributed by atoms with Crippen LogP contribution in [0, 0.1) is 11.8 Å². The highest BCUT2D eigenvalue weighted by molar-refractivity contribution is 5.92. The molecule has 0 bridgehead atoms. The van der Waals surface area contributed by atoms with Gasteiger partial charge in [0.25, 0.3) is 0 Å². The van der Waals surface area contributed by atoms with Gasteiger partial charge >= 0.3 is 6.09 Å². The number of carbonyl (C=O) groups is 1. The molecule has 4 rings (SSSR count). The van der Waals surface area contributed by atoms with E-state index in [0.717, 1.165) is 0 Å². The maximum atomic E-state index is 11.5. The van der Waals surface area contributed by atoms with Crippen LogP contribution in [0.2, 0.25) is 0 Å². The van der Waals surface area contributed by atoms with Gasteiger partial charge in [-0.3, -0.25) is 0 Å². The topological polar surface area (TPSA) is 115 Å². The lowest BCUT2D eigenvalue weighted by Crippen LogP contribution is -2.27. The summed E-state index contributed by atoms with van der Waals surface area (Å²) < 4.78 is 12.5. The molecule has 1 atom stereocenters. The molecule has 10 heteroatoms. The highest BCUT2D eigenvalue weighted by atomic mass is 16.5. The number of nitrogens with one attached hydrogen (secondary N) is 1. The number of hydrogen-bond acceptors (Lipinski definition) is 7. The number of methoxy groups -OCH3 is 2. The number of carboxylic acid groups (broad SMARTS) is 1. The van der Waals surface area contributed by atoms with Gasteiger partial charge in [-0.1, -0.05) is 26.7 Å². The number of fused-ring (bicyclic) bond motifs is 1. The number of benzene rings is 1. The van der Waals surface area contributed by atoms with E-state index in [1.165, 1.54) is 4.90 Å². The van der Waals surface area contributed by atoms with Crippen LogP contribution in [-0.2, 0) is 5.41 Å². The molecule has 0 saturated carbocycles. The Hall–Kier alpha value is -4.00. The molecule has 184 valence electrons. The molecule has 0 unspecified atom stereocenters. The lowest BCUT2D eigenvalue weighted by Gasteiger charge is -2.19. The molecule has 0 spiro atoms. The Labute approximate surface area is 204 Å². The first kappa shape index (κ1) is 24.1. The third-order valence-corrected chi connectivity index (χ3v) is 5.92. The Morgan fingerprint density at radius 2 is 1.83 bits per heavy atom. The van der Waals surface area contributed by atoms with Crippen molar-refractivity contribution in [1.29, 1.82) is 0 Å². The monoisotopic (exact) mass is 478 g/mol. The second-order valence-corrected chi connectivity index (χ2v) is 9.41. The zero-order chi connectivity index (χ0) is 25.3. The van der Waals surface area contributed by atoms with Crippen LogP contribution in [0.5, 0.6) is 11.5 Å². The standard InChI is InChI=1S/C25H30N6O4/c1-25(2,3)23-27-21(26-4)20-19(8-7-15-11-17(34-5)13-18(12-15)35-6)29-31(22(20)28-23)16-9-10-30(14-16)24(32)33/h11-13,16H,9-10,14H2,1-6H3,(H,32,33)(H,26,27,28)/t16-/m0/s1.